The molecule has 1 heterocycles. The van der Waals surface area contributed by atoms with Gasteiger partial charge in [0.1, 0.15) is 5.82 Å². The van der Waals surface area contributed by atoms with E-state index in [1.165, 1.54) is 0 Å². The minimum absolute atomic E-state index is 0.749. The van der Waals surface area contributed by atoms with Crippen LogP contribution in [0.3, 0.4) is 0 Å². The Morgan fingerprint density at radius 2 is 2.31 bits per heavy atom. The molecule has 0 aliphatic carbocycles. The maximum Gasteiger partial charge on any atom is 0.107 e. The van der Waals surface area contributed by atoms with Gasteiger partial charge in [0.2, 0.25) is 0 Å². The number of fused-ring (bicyclic) bond motifs is 1. The third kappa shape index (κ3) is 1.68. The molecular weight excluding hydrogens is 184 g/mol. The third-order valence-electron chi connectivity index (χ3n) is 1.98. The number of imidazole rings is 1. The summed E-state index contributed by atoms with van der Waals surface area (Å²) in [6.45, 7) is 2.14. The molecule has 0 saturated heterocycles. The van der Waals surface area contributed by atoms with Crippen LogP contribution in [0, 0.1) is 0 Å². The van der Waals surface area contributed by atoms with Crippen LogP contribution in [0.2, 0.25) is 5.02 Å². The molecule has 1 aromatic carbocycles. The topological polar surface area (TPSA) is 28.7 Å². The molecular formula is C10H11ClN2. The Morgan fingerprint density at radius 3 is 3.08 bits per heavy atom. The van der Waals surface area contributed by atoms with E-state index in [1.54, 1.807) is 0 Å². The summed E-state index contributed by atoms with van der Waals surface area (Å²) < 4.78 is 0. The molecule has 0 radical (unpaired) electrons. The molecule has 0 aliphatic rings. The maximum atomic E-state index is 5.86. The van der Waals surface area contributed by atoms with Gasteiger partial charge < -0.3 is 4.98 Å². The van der Waals surface area contributed by atoms with Crippen molar-refractivity contribution in [3.05, 3.63) is 29.0 Å². The molecule has 3 heteroatoms. The fourth-order valence-corrected chi connectivity index (χ4v) is 1.56. The second-order valence-corrected chi connectivity index (χ2v) is 3.53. The Morgan fingerprint density at radius 1 is 1.46 bits per heavy atom. The van der Waals surface area contributed by atoms with Crippen molar-refractivity contribution >= 4 is 22.6 Å². The van der Waals surface area contributed by atoms with Gasteiger partial charge in [0.05, 0.1) is 11.0 Å². The summed E-state index contributed by atoms with van der Waals surface area (Å²) in [5.41, 5.74) is 2.02. The largest absolute Gasteiger partial charge is 0.342 e. The van der Waals surface area contributed by atoms with Gasteiger partial charge in [-0.1, -0.05) is 18.5 Å². The predicted molar refractivity (Wildman–Crippen MR) is 55.1 cm³/mol. The van der Waals surface area contributed by atoms with E-state index in [-0.39, 0.29) is 0 Å². The monoisotopic (exact) mass is 194 g/mol. The van der Waals surface area contributed by atoms with Crippen LogP contribution in [-0.4, -0.2) is 9.97 Å². The number of nitrogens with zero attached hydrogens (tertiary/aromatic N) is 1. The molecule has 0 unspecified atom stereocenters. The van der Waals surface area contributed by atoms with Crippen LogP contribution in [0.15, 0.2) is 18.2 Å². The Labute approximate surface area is 81.9 Å². The second kappa shape index (κ2) is 3.38. The summed E-state index contributed by atoms with van der Waals surface area (Å²) >= 11 is 5.86. The van der Waals surface area contributed by atoms with E-state index in [2.05, 4.69) is 16.9 Å². The summed E-state index contributed by atoms with van der Waals surface area (Å²) in [5.74, 6) is 1.04. The van der Waals surface area contributed by atoms with Crippen molar-refractivity contribution in [2.24, 2.45) is 0 Å². The van der Waals surface area contributed by atoms with E-state index in [9.17, 15) is 0 Å². The van der Waals surface area contributed by atoms with Crippen molar-refractivity contribution in [3.8, 4) is 0 Å². The quantitative estimate of drug-likeness (QED) is 0.782. The first-order chi connectivity index (χ1) is 6.29. The van der Waals surface area contributed by atoms with Crippen molar-refractivity contribution in [2.75, 3.05) is 0 Å². The summed E-state index contributed by atoms with van der Waals surface area (Å²) in [4.78, 5) is 7.67. The Hall–Kier alpha value is -1.02. The highest BCUT2D eigenvalue weighted by Crippen LogP contribution is 2.17. The summed E-state index contributed by atoms with van der Waals surface area (Å²) in [5, 5.41) is 0.749. The zero-order chi connectivity index (χ0) is 9.26. The number of hydrogen-bond acceptors (Lipinski definition) is 1. The zero-order valence-corrected chi connectivity index (χ0v) is 8.23. The highest BCUT2D eigenvalue weighted by atomic mass is 35.5. The molecule has 1 aromatic heterocycles. The highest BCUT2D eigenvalue weighted by Gasteiger charge is 2.01. The molecule has 1 N–H and O–H groups in total. The molecule has 13 heavy (non-hydrogen) atoms. The van der Waals surface area contributed by atoms with Gasteiger partial charge in [-0.25, -0.2) is 4.98 Å². The first-order valence-corrected chi connectivity index (χ1v) is 4.81. The van der Waals surface area contributed by atoms with Crippen LogP contribution in [0.25, 0.3) is 11.0 Å². The first-order valence-electron chi connectivity index (χ1n) is 4.43. The second-order valence-electron chi connectivity index (χ2n) is 3.09. The fraction of sp³-hybridized carbons (Fsp3) is 0.300. The van der Waals surface area contributed by atoms with Gasteiger partial charge in [-0.05, 0) is 24.6 Å². The van der Waals surface area contributed by atoms with E-state index in [4.69, 9.17) is 11.6 Å². The van der Waals surface area contributed by atoms with Crippen LogP contribution in [-0.2, 0) is 6.42 Å². The minimum Gasteiger partial charge on any atom is -0.342 e. The van der Waals surface area contributed by atoms with Crippen molar-refractivity contribution in [2.45, 2.75) is 19.8 Å². The van der Waals surface area contributed by atoms with E-state index < -0.39 is 0 Å². The molecule has 0 saturated carbocycles. The zero-order valence-electron chi connectivity index (χ0n) is 7.47. The summed E-state index contributed by atoms with van der Waals surface area (Å²) in [6, 6.07) is 5.71. The van der Waals surface area contributed by atoms with Crippen molar-refractivity contribution < 1.29 is 0 Å². The van der Waals surface area contributed by atoms with Crippen LogP contribution >= 0.6 is 11.6 Å². The lowest BCUT2D eigenvalue weighted by Gasteiger charge is -1.88. The molecule has 0 atom stereocenters. The van der Waals surface area contributed by atoms with Crippen LogP contribution < -0.4 is 0 Å². The van der Waals surface area contributed by atoms with Gasteiger partial charge in [-0.15, -0.1) is 0 Å². The third-order valence-corrected chi connectivity index (χ3v) is 2.21. The van der Waals surface area contributed by atoms with Gasteiger partial charge >= 0.3 is 0 Å². The number of aryl methyl sites for hydroxylation is 1. The highest BCUT2D eigenvalue weighted by molar-refractivity contribution is 6.31. The van der Waals surface area contributed by atoms with E-state index in [0.29, 0.717) is 0 Å². The first kappa shape index (κ1) is 8.57. The van der Waals surface area contributed by atoms with Crippen molar-refractivity contribution in [1.82, 2.24) is 9.97 Å². The smallest absolute Gasteiger partial charge is 0.107 e. The number of nitrogens with one attached hydrogen (secondary N) is 1. The SMILES string of the molecule is CCCc1nc2ccc(Cl)cc2[nH]1. The summed E-state index contributed by atoms with van der Waals surface area (Å²) in [6.07, 6.45) is 2.10. The summed E-state index contributed by atoms with van der Waals surface area (Å²) in [7, 11) is 0. The number of halogens is 1. The Bertz CT molecular complexity index is 420. The molecule has 2 rings (SSSR count). The average molecular weight is 195 g/mol. The van der Waals surface area contributed by atoms with Crippen LogP contribution in [0.4, 0.5) is 0 Å². The fourth-order valence-electron chi connectivity index (χ4n) is 1.39. The standard InChI is InChI=1S/C10H11ClN2/c1-2-3-10-12-8-5-4-7(11)6-9(8)13-10/h4-6H,2-3H2,1H3,(H,12,13). The average Bonchev–Trinajstić information content (AvgIpc) is 2.46. The maximum absolute atomic E-state index is 5.86. The number of hydrogen-bond donors (Lipinski definition) is 1. The van der Waals surface area contributed by atoms with Gasteiger partial charge in [0, 0.05) is 11.4 Å². The van der Waals surface area contributed by atoms with Gasteiger partial charge in [0.25, 0.3) is 0 Å². The van der Waals surface area contributed by atoms with E-state index >= 15 is 0 Å². The van der Waals surface area contributed by atoms with Gasteiger partial charge in [-0.2, -0.15) is 0 Å². The Balaban J connectivity index is 2.49. The number of benzene rings is 1. The van der Waals surface area contributed by atoms with Crippen LogP contribution in [0.5, 0.6) is 0 Å². The Kier molecular flexibility index (Phi) is 2.23. The molecule has 2 nitrogen and oxygen atoms in total. The van der Waals surface area contributed by atoms with Gasteiger partial charge in [-0.3, -0.25) is 0 Å². The van der Waals surface area contributed by atoms with E-state index in [0.717, 1.165) is 34.7 Å². The predicted octanol–water partition coefficient (Wildman–Crippen LogP) is 3.17. The lowest BCUT2D eigenvalue weighted by atomic mass is 10.3. The molecule has 0 amide bonds. The van der Waals surface area contributed by atoms with Crippen LogP contribution in [0.1, 0.15) is 19.2 Å². The number of aromatic amines is 1. The number of aromatic nitrogens is 2. The molecule has 0 aliphatic heterocycles. The normalized spacial score (nSPS) is 10.9. The molecule has 0 fully saturated rings. The van der Waals surface area contributed by atoms with Crippen molar-refractivity contribution in [3.63, 3.8) is 0 Å². The minimum atomic E-state index is 0.749. The lowest BCUT2D eigenvalue weighted by molar-refractivity contribution is 0.861. The van der Waals surface area contributed by atoms with E-state index in [1.807, 2.05) is 18.2 Å². The molecule has 0 bridgehead atoms. The number of H-pyrrole nitrogens is 1. The van der Waals surface area contributed by atoms with Gasteiger partial charge in [0.15, 0.2) is 0 Å². The van der Waals surface area contributed by atoms with Crippen molar-refractivity contribution in [1.29, 1.82) is 0 Å². The number of rotatable bonds is 2. The molecule has 68 valence electrons. The lowest BCUT2D eigenvalue weighted by Crippen LogP contribution is -1.83. The molecule has 2 aromatic rings. The molecule has 0 spiro atoms.